The van der Waals surface area contributed by atoms with Gasteiger partial charge in [-0.1, -0.05) is 11.6 Å². The Bertz CT molecular complexity index is 287. The third kappa shape index (κ3) is 0.769. The van der Waals surface area contributed by atoms with Crippen LogP contribution >= 0.6 is 11.6 Å². The van der Waals surface area contributed by atoms with Gasteiger partial charge in [0.05, 0.1) is 0 Å². The molecule has 0 radical (unpaired) electrons. The molecule has 50 valence electrons. The van der Waals surface area contributed by atoms with Crippen LogP contribution < -0.4 is 5.32 Å². The number of hydrogen-bond donors (Lipinski definition) is 1. The van der Waals surface area contributed by atoms with E-state index in [1.54, 1.807) is 0 Å². The molecule has 0 aromatic heterocycles. The van der Waals surface area contributed by atoms with Crippen molar-refractivity contribution in [1.82, 2.24) is 5.32 Å². The summed E-state index contributed by atoms with van der Waals surface area (Å²) < 4.78 is 0. The zero-order valence-corrected chi connectivity index (χ0v) is 5.40. The van der Waals surface area contributed by atoms with Crippen molar-refractivity contribution in [3.8, 4) is 6.07 Å². The summed E-state index contributed by atoms with van der Waals surface area (Å²) in [6, 6.07) is 1.51. The topological polar surface area (TPSA) is 70.0 Å². The quantitative estimate of drug-likeness (QED) is 0.488. The summed E-state index contributed by atoms with van der Waals surface area (Å²) in [6.07, 6.45) is 0. The predicted octanol–water partition coefficient (Wildman–Crippen LogP) is -0.341. The van der Waals surface area contributed by atoms with Crippen LogP contribution in [0.2, 0.25) is 0 Å². The van der Waals surface area contributed by atoms with E-state index in [-0.39, 0.29) is 10.6 Å². The Hall–Kier alpha value is -1.34. The molecule has 1 rings (SSSR count). The van der Waals surface area contributed by atoms with Crippen LogP contribution in [0.25, 0.3) is 0 Å². The summed E-state index contributed by atoms with van der Waals surface area (Å²) in [5.74, 6) is -1.43. The molecular formula is C5HClN2O2. The van der Waals surface area contributed by atoms with Crippen molar-refractivity contribution in [3.05, 3.63) is 10.6 Å². The van der Waals surface area contributed by atoms with E-state index in [1.807, 2.05) is 5.32 Å². The van der Waals surface area contributed by atoms with Gasteiger partial charge in [-0.15, -0.1) is 0 Å². The highest BCUT2D eigenvalue weighted by molar-refractivity contribution is 6.48. The molecule has 1 heterocycles. The molecule has 10 heavy (non-hydrogen) atoms. The number of amides is 2. The zero-order chi connectivity index (χ0) is 7.72. The maximum absolute atomic E-state index is 10.5. The summed E-state index contributed by atoms with van der Waals surface area (Å²) in [5.41, 5.74) is -0.313. The van der Waals surface area contributed by atoms with Crippen LogP contribution in [0.1, 0.15) is 0 Å². The minimum absolute atomic E-state index is 0.313. The van der Waals surface area contributed by atoms with Gasteiger partial charge in [-0.3, -0.25) is 14.9 Å². The van der Waals surface area contributed by atoms with E-state index >= 15 is 0 Å². The lowest BCUT2D eigenvalue weighted by molar-refractivity contribution is -0.123. The Balaban J connectivity index is 3.17. The number of hydrogen-bond acceptors (Lipinski definition) is 3. The number of carbonyl (C=O) groups excluding carboxylic acids is 2. The molecule has 0 atom stereocenters. The number of imide groups is 1. The third-order valence-corrected chi connectivity index (χ3v) is 1.35. The van der Waals surface area contributed by atoms with Crippen molar-refractivity contribution in [2.75, 3.05) is 0 Å². The molecule has 1 N–H and O–H groups in total. The van der Waals surface area contributed by atoms with Crippen LogP contribution in [0.15, 0.2) is 10.6 Å². The largest absolute Gasteiger partial charge is 0.287 e. The summed E-state index contributed by atoms with van der Waals surface area (Å²) in [7, 11) is 0. The first kappa shape index (κ1) is 6.78. The molecule has 0 unspecified atom stereocenters. The van der Waals surface area contributed by atoms with Gasteiger partial charge in [-0.2, -0.15) is 5.26 Å². The first-order chi connectivity index (χ1) is 4.66. The molecule has 1 aliphatic heterocycles. The summed E-state index contributed by atoms with van der Waals surface area (Å²) in [6.45, 7) is 0. The molecule has 5 heteroatoms. The minimum atomic E-state index is -0.725. The monoisotopic (exact) mass is 156 g/mol. The Morgan fingerprint density at radius 1 is 1.40 bits per heavy atom. The van der Waals surface area contributed by atoms with Gasteiger partial charge >= 0.3 is 0 Å². The second-order valence-electron chi connectivity index (χ2n) is 1.58. The van der Waals surface area contributed by atoms with Gasteiger partial charge in [-0.25, -0.2) is 0 Å². The zero-order valence-electron chi connectivity index (χ0n) is 4.64. The second kappa shape index (κ2) is 2.12. The lowest BCUT2D eigenvalue weighted by Crippen LogP contribution is -2.22. The van der Waals surface area contributed by atoms with Gasteiger partial charge in [0.25, 0.3) is 11.8 Å². The Labute approximate surface area is 61.1 Å². The first-order valence-electron chi connectivity index (χ1n) is 2.32. The van der Waals surface area contributed by atoms with Crippen LogP contribution in [0, 0.1) is 11.3 Å². The summed E-state index contributed by atoms with van der Waals surface area (Å²) >= 11 is 5.25. The predicted molar refractivity (Wildman–Crippen MR) is 31.6 cm³/mol. The average molecular weight is 157 g/mol. The standard InChI is InChI=1S/C5HClN2O2/c6-3-2(1-7)4(9)8-5(3)10/h(H,8,9,10). The van der Waals surface area contributed by atoms with Gasteiger partial charge in [-0.05, 0) is 0 Å². The fourth-order valence-electron chi connectivity index (χ4n) is 0.534. The van der Waals surface area contributed by atoms with Crippen molar-refractivity contribution in [2.45, 2.75) is 0 Å². The fraction of sp³-hybridized carbons (Fsp3) is 0. The minimum Gasteiger partial charge on any atom is -0.287 e. The number of nitrogens with one attached hydrogen (secondary N) is 1. The van der Waals surface area contributed by atoms with Gasteiger partial charge in [0, 0.05) is 0 Å². The van der Waals surface area contributed by atoms with Crippen LogP contribution in [-0.2, 0) is 9.59 Å². The molecule has 1 aliphatic rings. The van der Waals surface area contributed by atoms with E-state index in [4.69, 9.17) is 16.9 Å². The van der Waals surface area contributed by atoms with Gasteiger partial charge in [0.2, 0.25) is 0 Å². The molecule has 0 saturated carbocycles. The van der Waals surface area contributed by atoms with Gasteiger partial charge in [0.1, 0.15) is 16.7 Å². The number of halogens is 1. The highest BCUT2D eigenvalue weighted by atomic mass is 35.5. The Kier molecular flexibility index (Phi) is 1.44. The number of nitrogens with zero attached hydrogens (tertiary/aromatic N) is 1. The highest BCUT2D eigenvalue weighted by Gasteiger charge is 2.28. The van der Waals surface area contributed by atoms with Gasteiger partial charge < -0.3 is 0 Å². The van der Waals surface area contributed by atoms with Gasteiger partial charge in [0.15, 0.2) is 0 Å². The number of carbonyl (C=O) groups is 2. The third-order valence-electron chi connectivity index (χ3n) is 0.985. The van der Waals surface area contributed by atoms with Crippen LogP contribution in [0.5, 0.6) is 0 Å². The maximum Gasteiger partial charge on any atom is 0.271 e. The Morgan fingerprint density at radius 2 is 2.00 bits per heavy atom. The van der Waals surface area contributed by atoms with E-state index in [0.717, 1.165) is 0 Å². The fourth-order valence-corrected chi connectivity index (χ4v) is 0.709. The van der Waals surface area contributed by atoms with Crippen molar-refractivity contribution in [2.24, 2.45) is 0 Å². The van der Waals surface area contributed by atoms with Crippen molar-refractivity contribution >= 4 is 23.4 Å². The van der Waals surface area contributed by atoms with Crippen LogP contribution in [0.4, 0.5) is 0 Å². The van der Waals surface area contributed by atoms with Crippen molar-refractivity contribution < 1.29 is 9.59 Å². The number of nitriles is 1. The smallest absolute Gasteiger partial charge is 0.271 e. The SMILES string of the molecule is N#CC1=C(Cl)C(=O)NC1=O. The van der Waals surface area contributed by atoms with Crippen LogP contribution in [-0.4, -0.2) is 11.8 Å². The number of rotatable bonds is 0. The summed E-state index contributed by atoms with van der Waals surface area (Å²) in [5, 5.41) is 9.75. The molecular weight excluding hydrogens is 156 g/mol. The molecule has 0 saturated heterocycles. The van der Waals surface area contributed by atoms with E-state index in [0.29, 0.717) is 0 Å². The molecule has 4 nitrogen and oxygen atoms in total. The van der Waals surface area contributed by atoms with E-state index in [1.165, 1.54) is 6.07 Å². The van der Waals surface area contributed by atoms with Crippen molar-refractivity contribution in [3.63, 3.8) is 0 Å². The molecule has 0 bridgehead atoms. The lowest BCUT2D eigenvalue weighted by atomic mass is 10.3. The summed E-state index contributed by atoms with van der Waals surface area (Å²) in [4.78, 5) is 21.0. The Morgan fingerprint density at radius 3 is 2.20 bits per heavy atom. The van der Waals surface area contributed by atoms with E-state index in [9.17, 15) is 9.59 Å². The second-order valence-corrected chi connectivity index (χ2v) is 1.96. The lowest BCUT2D eigenvalue weighted by Gasteiger charge is -1.83. The van der Waals surface area contributed by atoms with E-state index in [2.05, 4.69) is 0 Å². The van der Waals surface area contributed by atoms with E-state index < -0.39 is 11.8 Å². The van der Waals surface area contributed by atoms with Crippen LogP contribution in [0.3, 0.4) is 0 Å². The highest BCUT2D eigenvalue weighted by Crippen LogP contribution is 2.14. The normalized spacial score (nSPS) is 17.2. The molecule has 0 spiro atoms. The maximum atomic E-state index is 10.5. The molecule has 0 aromatic rings. The molecule has 0 aliphatic carbocycles. The first-order valence-corrected chi connectivity index (χ1v) is 2.70. The molecule has 0 aromatic carbocycles. The average Bonchev–Trinajstić information content (AvgIpc) is 2.09. The molecule has 0 fully saturated rings. The molecule has 2 amide bonds. The van der Waals surface area contributed by atoms with Crippen molar-refractivity contribution in [1.29, 1.82) is 5.26 Å².